The predicted octanol–water partition coefficient (Wildman–Crippen LogP) is 3.26. The number of ether oxygens (including phenoxy) is 1. The fourth-order valence-corrected chi connectivity index (χ4v) is 2.66. The van der Waals surface area contributed by atoms with Crippen LogP contribution in [0.1, 0.15) is 32.8 Å². The Morgan fingerprint density at radius 3 is 2.65 bits per heavy atom. The second-order valence-corrected chi connectivity index (χ2v) is 6.53. The molecule has 20 heavy (non-hydrogen) atoms. The highest BCUT2D eigenvalue weighted by Crippen LogP contribution is 2.29. The number of hydrogen-bond acceptors (Lipinski definition) is 2. The Balaban J connectivity index is 2.03. The third-order valence-corrected chi connectivity index (χ3v) is 4.06. The molecule has 0 bridgehead atoms. The van der Waals surface area contributed by atoms with Gasteiger partial charge in [-0.05, 0) is 30.0 Å². The maximum Gasteiger partial charge on any atom is 0.223 e. The Morgan fingerprint density at radius 1 is 1.40 bits per heavy atom. The van der Waals surface area contributed by atoms with Crippen molar-refractivity contribution < 1.29 is 9.53 Å². The summed E-state index contributed by atoms with van der Waals surface area (Å²) in [5, 5.41) is 0.720. The molecule has 4 heteroatoms. The largest absolute Gasteiger partial charge is 0.375 e. The van der Waals surface area contributed by atoms with E-state index in [0.717, 1.165) is 10.6 Å². The number of carbonyl (C=O) groups excluding carboxylic acids is 1. The summed E-state index contributed by atoms with van der Waals surface area (Å²) in [5.74, 6) is 0.195. The monoisotopic (exact) mass is 295 g/mol. The molecule has 0 N–H and O–H groups in total. The van der Waals surface area contributed by atoms with Gasteiger partial charge in [0.05, 0.1) is 12.7 Å². The quantitative estimate of drug-likeness (QED) is 0.856. The van der Waals surface area contributed by atoms with Gasteiger partial charge in [-0.1, -0.05) is 37.6 Å². The summed E-state index contributed by atoms with van der Waals surface area (Å²) in [6.45, 7) is 8.21. The summed E-state index contributed by atoms with van der Waals surface area (Å²) in [6, 6.07) is 7.74. The summed E-state index contributed by atoms with van der Waals surface area (Å²) in [4.78, 5) is 14.4. The fourth-order valence-electron chi connectivity index (χ4n) is 2.54. The molecule has 1 fully saturated rings. The van der Waals surface area contributed by atoms with E-state index in [4.69, 9.17) is 16.3 Å². The van der Waals surface area contributed by atoms with Crippen LogP contribution in [0.4, 0.5) is 0 Å². The van der Waals surface area contributed by atoms with Crippen LogP contribution in [-0.2, 0) is 14.9 Å². The van der Waals surface area contributed by atoms with E-state index in [-0.39, 0.29) is 17.4 Å². The van der Waals surface area contributed by atoms with Gasteiger partial charge in [0.25, 0.3) is 0 Å². The van der Waals surface area contributed by atoms with E-state index in [1.54, 1.807) is 0 Å². The number of morpholine rings is 1. The van der Waals surface area contributed by atoms with Crippen molar-refractivity contribution in [2.24, 2.45) is 0 Å². The number of hydrogen-bond donors (Lipinski definition) is 0. The van der Waals surface area contributed by atoms with E-state index in [1.807, 2.05) is 36.1 Å². The predicted molar refractivity (Wildman–Crippen MR) is 81.1 cm³/mol. The number of rotatable bonds is 3. The molecular weight excluding hydrogens is 274 g/mol. The minimum Gasteiger partial charge on any atom is -0.375 e. The zero-order valence-corrected chi connectivity index (χ0v) is 13.1. The highest BCUT2D eigenvalue weighted by molar-refractivity contribution is 6.30. The van der Waals surface area contributed by atoms with Crippen LogP contribution in [0.2, 0.25) is 5.02 Å². The Kier molecular flexibility index (Phi) is 4.71. The summed E-state index contributed by atoms with van der Waals surface area (Å²) >= 11 is 5.92. The van der Waals surface area contributed by atoms with Crippen molar-refractivity contribution in [3.63, 3.8) is 0 Å². The molecule has 1 aliphatic rings. The second-order valence-electron chi connectivity index (χ2n) is 6.09. The molecule has 110 valence electrons. The van der Waals surface area contributed by atoms with Gasteiger partial charge < -0.3 is 9.64 Å². The van der Waals surface area contributed by atoms with Crippen molar-refractivity contribution >= 4 is 17.5 Å². The van der Waals surface area contributed by atoms with Crippen molar-refractivity contribution in [1.29, 1.82) is 0 Å². The van der Waals surface area contributed by atoms with E-state index < -0.39 is 0 Å². The van der Waals surface area contributed by atoms with Crippen LogP contribution < -0.4 is 0 Å². The van der Waals surface area contributed by atoms with E-state index in [2.05, 4.69) is 13.8 Å². The Morgan fingerprint density at radius 2 is 2.05 bits per heavy atom. The first kappa shape index (κ1) is 15.3. The van der Waals surface area contributed by atoms with Gasteiger partial charge in [-0.3, -0.25) is 4.79 Å². The molecule has 2 rings (SSSR count). The van der Waals surface area contributed by atoms with Crippen molar-refractivity contribution in [1.82, 2.24) is 4.90 Å². The molecule has 3 nitrogen and oxygen atoms in total. The van der Waals surface area contributed by atoms with Gasteiger partial charge in [-0.2, -0.15) is 0 Å². The highest BCUT2D eigenvalue weighted by atomic mass is 35.5. The van der Waals surface area contributed by atoms with Crippen molar-refractivity contribution in [3.05, 3.63) is 34.9 Å². The third-order valence-electron chi connectivity index (χ3n) is 3.81. The molecule has 0 aromatic heterocycles. The number of amides is 1. The van der Waals surface area contributed by atoms with Crippen LogP contribution in [0, 0.1) is 0 Å². The van der Waals surface area contributed by atoms with Gasteiger partial charge in [0, 0.05) is 24.5 Å². The number of halogens is 1. The number of benzene rings is 1. The zero-order valence-electron chi connectivity index (χ0n) is 12.4. The molecule has 1 saturated heterocycles. The first-order chi connectivity index (χ1) is 9.38. The first-order valence-corrected chi connectivity index (χ1v) is 7.42. The summed E-state index contributed by atoms with van der Waals surface area (Å²) in [7, 11) is 0. The maximum absolute atomic E-state index is 12.4. The van der Waals surface area contributed by atoms with Crippen LogP contribution in [0.3, 0.4) is 0 Å². The van der Waals surface area contributed by atoms with Gasteiger partial charge in [-0.15, -0.1) is 0 Å². The van der Waals surface area contributed by atoms with E-state index in [0.29, 0.717) is 26.1 Å². The fraction of sp³-hybridized carbons (Fsp3) is 0.562. The number of nitrogens with zero attached hydrogens (tertiary/aromatic N) is 1. The Labute approximate surface area is 125 Å². The normalized spacial score (nSPS) is 20.0. The van der Waals surface area contributed by atoms with E-state index >= 15 is 0 Å². The standard InChI is InChI=1S/C16H22ClNO2/c1-12-11-18(8-9-20-12)15(19)10-16(2,3)13-4-6-14(17)7-5-13/h4-7,12H,8-11H2,1-3H3. The zero-order chi connectivity index (χ0) is 14.8. The molecule has 1 aromatic carbocycles. The average Bonchev–Trinajstić information content (AvgIpc) is 2.38. The summed E-state index contributed by atoms with van der Waals surface area (Å²) in [6.07, 6.45) is 0.632. The van der Waals surface area contributed by atoms with Gasteiger partial charge in [0.2, 0.25) is 5.91 Å². The van der Waals surface area contributed by atoms with Crippen LogP contribution in [-0.4, -0.2) is 36.6 Å². The average molecular weight is 296 g/mol. The Bertz CT molecular complexity index is 470. The van der Waals surface area contributed by atoms with Crippen LogP contribution in [0.15, 0.2) is 24.3 Å². The lowest BCUT2D eigenvalue weighted by atomic mass is 9.81. The molecule has 1 heterocycles. The van der Waals surface area contributed by atoms with Crippen LogP contribution >= 0.6 is 11.6 Å². The van der Waals surface area contributed by atoms with Crippen molar-refractivity contribution in [2.45, 2.75) is 38.7 Å². The second kappa shape index (κ2) is 6.15. The Hall–Kier alpha value is -1.06. The van der Waals surface area contributed by atoms with Crippen molar-refractivity contribution in [3.8, 4) is 0 Å². The van der Waals surface area contributed by atoms with Crippen LogP contribution in [0.25, 0.3) is 0 Å². The lowest BCUT2D eigenvalue weighted by Crippen LogP contribution is -2.46. The minimum absolute atomic E-state index is 0.131. The smallest absolute Gasteiger partial charge is 0.223 e. The van der Waals surface area contributed by atoms with E-state index in [1.165, 1.54) is 0 Å². The summed E-state index contributed by atoms with van der Waals surface area (Å²) < 4.78 is 5.48. The van der Waals surface area contributed by atoms with E-state index in [9.17, 15) is 4.79 Å². The topological polar surface area (TPSA) is 29.5 Å². The molecular formula is C16H22ClNO2. The van der Waals surface area contributed by atoms with Gasteiger partial charge in [-0.25, -0.2) is 0 Å². The molecule has 1 unspecified atom stereocenters. The summed E-state index contributed by atoms with van der Waals surface area (Å²) in [5.41, 5.74) is 0.944. The third kappa shape index (κ3) is 3.74. The SMILES string of the molecule is CC1CN(C(=O)CC(C)(C)c2ccc(Cl)cc2)CCO1. The molecule has 1 atom stereocenters. The lowest BCUT2D eigenvalue weighted by molar-refractivity contribution is -0.139. The van der Waals surface area contributed by atoms with Gasteiger partial charge >= 0.3 is 0 Å². The van der Waals surface area contributed by atoms with Gasteiger partial charge in [0.1, 0.15) is 0 Å². The first-order valence-electron chi connectivity index (χ1n) is 7.04. The molecule has 0 saturated carbocycles. The molecule has 1 amide bonds. The molecule has 0 aliphatic carbocycles. The van der Waals surface area contributed by atoms with Gasteiger partial charge in [0.15, 0.2) is 0 Å². The molecule has 1 aliphatic heterocycles. The molecule has 0 radical (unpaired) electrons. The molecule has 1 aromatic rings. The lowest BCUT2D eigenvalue weighted by Gasteiger charge is -2.34. The minimum atomic E-state index is -0.191. The number of carbonyl (C=O) groups is 1. The molecule has 0 spiro atoms. The van der Waals surface area contributed by atoms with Crippen LogP contribution in [0.5, 0.6) is 0 Å². The highest BCUT2D eigenvalue weighted by Gasteiger charge is 2.29. The maximum atomic E-state index is 12.4. The van der Waals surface area contributed by atoms with Crippen molar-refractivity contribution in [2.75, 3.05) is 19.7 Å².